The maximum atomic E-state index is 11.6. The molecule has 0 fully saturated rings. The summed E-state index contributed by atoms with van der Waals surface area (Å²) in [6, 6.07) is 3.35. The smallest absolute Gasteiger partial charge is 0.175 e. The molecule has 0 aliphatic rings. The van der Waals surface area contributed by atoms with Crippen molar-refractivity contribution in [2.75, 3.05) is 4.43 Å². The lowest BCUT2D eigenvalue weighted by molar-refractivity contribution is 0.102. The number of carbonyl (C=O) groups is 1. The molecule has 0 aliphatic carbocycles. The lowest BCUT2D eigenvalue weighted by Gasteiger charge is -2.04. The van der Waals surface area contributed by atoms with Gasteiger partial charge in [0.05, 0.1) is 20.5 Å². The highest BCUT2D eigenvalue weighted by Gasteiger charge is 2.13. The molecular weight excluding hydrogens is 362 g/mol. The molecule has 6 heteroatoms. The van der Waals surface area contributed by atoms with E-state index in [4.69, 9.17) is 23.2 Å². The van der Waals surface area contributed by atoms with Gasteiger partial charge in [-0.2, -0.15) is 0 Å². The molecule has 2 rings (SSSR count). The first-order chi connectivity index (χ1) is 7.63. The number of halogens is 3. The fourth-order valence-corrected chi connectivity index (χ4v) is 2.13. The van der Waals surface area contributed by atoms with Gasteiger partial charge in [-0.25, -0.2) is 4.98 Å². The molecule has 0 N–H and O–H groups in total. The summed E-state index contributed by atoms with van der Waals surface area (Å²) in [5.74, 6) is -0.0678. The van der Waals surface area contributed by atoms with Gasteiger partial charge in [-0.05, 0) is 12.1 Å². The third kappa shape index (κ3) is 2.14. The van der Waals surface area contributed by atoms with Crippen LogP contribution in [0.2, 0.25) is 10.2 Å². The molecule has 0 radical (unpaired) electrons. The predicted molar refractivity (Wildman–Crippen MR) is 72.8 cm³/mol. The van der Waals surface area contributed by atoms with E-state index in [0.29, 0.717) is 31.2 Å². The molecule has 0 saturated heterocycles. The average Bonchev–Trinajstić information content (AvgIpc) is 2.29. The van der Waals surface area contributed by atoms with E-state index < -0.39 is 0 Å². The molecule has 0 saturated carbocycles. The van der Waals surface area contributed by atoms with Crippen molar-refractivity contribution >= 4 is 62.6 Å². The van der Waals surface area contributed by atoms with Gasteiger partial charge in [0, 0.05) is 6.20 Å². The molecule has 3 nitrogen and oxygen atoms in total. The molecule has 0 unspecified atom stereocenters. The topological polar surface area (TPSA) is 42.9 Å². The number of carbonyl (C=O) groups excluding carboxylic acids is 1. The largest absolute Gasteiger partial charge is 0.293 e. The zero-order valence-corrected chi connectivity index (χ0v) is 11.5. The van der Waals surface area contributed by atoms with E-state index in [0.717, 1.165) is 0 Å². The summed E-state index contributed by atoms with van der Waals surface area (Å²) in [6.07, 6.45) is 1.47. The van der Waals surface area contributed by atoms with Crippen molar-refractivity contribution in [3.05, 3.63) is 34.1 Å². The maximum absolute atomic E-state index is 11.6. The normalized spacial score (nSPS) is 10.7. The molecule has 0 bridgehead atoms. The number of rotatable bonds is 2. The van der Waals surface area contributed by atoms with Gasteiger partial charge in [0.25, 0.3) is 0 Å². The van der Waals surface area contributed by atoms with E-state index in [-0.39, 0.29) is 5.78 Å². The lowest BCUT2D eigenvalue weighted by Crippen LogP contribution is -2.02. The summed E-state index contributed by atoms with van der Waals surface area (Å²) in [5, 5.41) is 0.643. The van der Waals surface area contributed by atoms with Gasteiger partial charge in [0.1, 0.15) is 10.7 Å². The minimum atomic E-state index is -0.0678. The Hall–Kier alpha value is -0.460. The summed E-state index contributed by atoms with van der Waals surface area (Å²) in [6.45, 7) is 0. The van der Waals surface area contributed by atoms with Gasteiger partial charge in [0.2, 0.25) is 0 Å². The molecular formula is C10H5Cl2IN2O. The van der Waals surface area contributed by atoms with Gasteiger partial charge < -0.3 is 0 Å². The minimum Gasteiger partial charge on any atom is -0.293 e. The molecule has 2 heterocycles. The Morgan fingerprint density at radius 3 is 2.81 bits per heavy atom. The van der Waals surface area contributed by atoms with Crippen LogP contribution >= 0.6 is 45.8 Å². The molecule has 82 valence electrons. The van der Waals surface area contributed by atoms with Crippen molar-refractivity contribution in [2.45, 2.75) is 0 Å². The van der Waals surface area contributed by atoms with Gasteiger partial charge in [-0.3, -0.25) is 9.78 Å². The van der Waals surface area contributed by atoms with Crippen LogP contribution < -0.4 is 0 Å². The lowest BCUT2D eigenvalue weighted by atomic mass is 10.2. The SMILES string of the molecule is O=C(CI)c1cnc2ccc(Cl)nc2c1Cl. The van der Waals surface area contributed by atoms with E-state index in [1.807, 2.05) is 22.6 Å². The average molecular weight is 367 g/mol. The van der Waals surface area contributed by atoms with Crippen LogP contribution in [-0.2, 0) is 0 Å². The van der Waals surface area contributed by atoms with Crippen LogP contribution in [0, 0.1) is 0 Å². The van der Waals surface area contributed by atoms with Crippen LogP contribution in [-0.4, -0.2) is 20.2 Å². The highest BCUT2D eigenvalue weighted by molar-refractivity contribution is 14.1. The van der Waals surface area contributed by atoms with Crippen LogP contribution in [0.5, 0.6) is 0 Å². The molecule has 2 aromatic heterocycles. The van der Waals surface area contributed by atoms with Gasteiger partial charge in [0.15, 0.2) is 5.78 Å². The first kappa shape index (κ1) is 12.0. The quantitative estimate of drug-likeness (QED) is 0.353. The van der Waals surface area contributed by atoms with Crippen molar-refractivity contribution in [1.29, 1.82) is 0 Å². The van der Waals surface area contributed by atoms with Crippen LogP contribution in [0.1, 0.15) is 10.4 Å². The van der Waals surface area contributed by atoms with E-state index in [9.17, 15) is 4.79 Å². The molecule has 0 aliphatic heterocycles. The number of Topliss-reactive ketones (excluding diaryl/α,β-unsaturated/α-hetero) is 1. The molecule has 0 amide bonds. The van der Waals surface area contributed by atoms with Crippen molar-refractivity contribution < 1.29 is 4.79 Å². The highest BCUT2D eigenvalue weighted by atomic mass is 127. The first-order valence-electron chi connectivity index (χ1n) is 4.33. The number of hydrogen-bond donors (Lipinski definition) is 0. The molecule has 16 heavy (non-hydrogen) atoms. The van der Waals surface area contributed by atoms with E-state index >= 15 is 0 Å². The Bertz CT molecular complexity index is 574. The summed E-state index contributed by atoms with van der Waals surface area (Å²) < 4.78 is 0.352. The Kier molecular flexibility index (Phi) is 3.61. The standard InChI is InChI=1S/C10H5Cl2IN2O/c11-8-2-1-6-10(15-8)9(12)5(4-14-6)7(16)3-13/h1-2,4H,3H2. The second-order valence-electron chi connectivity index (χ2n) is 3.04. The van der Waals surface area contributed by atoms with Crippen LogP contribution in [0.4, 0.5) is 0 Å². The van der Waals surface area contributed by atoms with Crippen LogP contribution in [0.15, 0.2) is 18.3 Å². The zero-order chi connectivity index (χ0) is 11.7. The molecule has 0 spiro atoms. The summed E-state index contributed by atoms with van der Waals surface area (Å²) >= 11 is 13.9. The van der Waals surface area contributed by atoms with Crippen molar-refractivity contribution in [2.24, 2.45) is 0 Å². The summed E-state index contributed by atoms with van der Waals surface area (Å²) in [5.41, 5.74) is 1.47. The number of pyridine rings is 2. The first-order valence-corrected chi connectivity index (χ1v) is 6.61. The van der Waals surface area contributed by atoms with Crippen molar-refractivity contribution in [3.8, 4) is 0 Å². The van der Waals surface area contributed by atoms with E-state index in [2.05, 4.69) is 9.97 Å². The van der Waals surface area contributed by atoms with Gasteiger partial charge in [-0.1, -0.05) is 45.8 Å². The third-order valence-corrected chi connectivity index (χ3v) is 3.32. The van der Waals surface area contributed by atoms with Crippen LogP contribution in [0.3, 0.4) is 0 Å². The fourth-order valence-electron chi connectivity index (χ4n) is 1.28. The molecule has 2 aromatic rings. The molecule has 0 atom stereocenters. The van der Waals surface area contributed by atoms with Crippen molar-refractivity contribution in [1.82, 2.24) is 9.97 Å². The Balaban J connectivity index is 2.72. The fraction of sp³-hybridized carbons (Fsp3) is 0.100. The number of nitrogens with zero attached hydrogens (tertiary/aromatic N) is 2. The van der Waals surface area contributed by atoms with Crippen LogP contribution in [0.25, 0.3) is 11.0 Å². The molecule has 0 aromatic carbocycles. The number of fused-ring (bicyclic) bond motifs is 1. The third-order valence-electron chi connectivity index (χ3n) is 2.04. The summed E-state index contributed by atoms with van der Waals surface area (Å²) in [4.78, 5) is 19.8. The van der Waals surface area contributed by atoms with E-state index in [1.54, 1.807) is 12.1 Å². The predicted octanol–water partition coefficient (Wildman–Crippen LogP) is 3.55. The van der Waals surface area contributed by atoms with Gasteiger partial charge in [-0.15, -0.1) is 0 Å². The Morgan fingerprint density at radius 2 is 2.12 bits per heavy atom. The summed E-state index contributed by atoms with van der Waals surface area (Å²) in [7, 11) is 0. The highest BCUT2D eigenvalue weighted by Crippen LogP contribution is 2.25. The Morgan fingerprint density at radius 1 is 1.38 bits per heavy atom. The van der Waals surface area contributed by atoms with Crippen molar-refractivity contribution in [3.63, 3.8) is 0 Å². The Labute approximate surface area is 115 Å². The number of hydrogen-bond acceptors (Lipinski definition) is 3. The number of alkyl halides is 1. The maximum Gasteiger partial charge on any atom is 0.175 e. The minimum absolute atomic E-state index is 0.0678. The second kappa shape index (κ2) is 4.81. The zero-order valence-electron chi connectivity index (χ0n) is 7.88. The number of ketones is 1. The number of aromatic nitrogens is 2. The van der Waals surface area contributed by atoms with Gasteiger partial charge >= 0.3 is 0 Å². The monoisotopic (exact) mass is 366 g/mol. The van der Waals surface area contributed by atoms with E-state index in [1.165, 1.54) is 6.20 Å². The second-order valence-corrected chi connectivity index (χ2v) is 4.57.